The normalized spacial score (nSPS) is 10.4. The molecule has 0 spiro atoms. The van der Waals surface area contributed by atoms with Gasteiger partial charge in [0.15, 0.2) is 5.43 Å². The molecule has 1 aliphatic heterocycles. The Morgan fingerprint density at radius 1 is 1.40 bits per heavy atom. The maximum absolute atomic E-state index is 10.7. The molecule has 0 fully saturated rings. The first-order chi connectivity index (χ1) is 4.86. The van der Waals surface area contributed by atoms with Crippen molar-refractivity contribution in [2.45, 2.75) is 0 Å². The molecule has 0 unspecified atom stereocenters. The minimum absolute atomic E-state index is 0.00708. The van der Waals surface area contributed by atoms with E-state index in [-0.39, 0.29) is 5.43 Å². The number of hydrogen-bond acceptors (Lipinski definition) is 2. The lowest BCUT2D eigenvalue weighted by molar-refractivity contribution is 0.871. The maximum atomic E-state index is 10.7. The van der Waals surface area contributed by atoms with Crippen molar-refractivity contribution in [3.63, 3.8) is 0 Å². The molecule has 0 aromatic carbocycles. The molecule has 1 aliphatic carbocycles. The third-order valence-corrected chi connectivity index (χ3v) is 1.35. The zero-order valence-corrected chi connectivity index (χ0v) is 5.09. The minimum Gasteiger partial charge on any atom is -0.290 e. The van der Waals surface area contributed by atoms with Crippen molar-refractivity contribution in [1.82, 2.24) is 15.4 Å². The van der Waals surface area contributed by atoms with Gasteiger partial charge in [0.2, 0.25) is 0 Å². The van der Waals surface area contributed by atoms with Gasteiger partial charge in [-0.15, -0.1) is 0 Å². The van der Waals surface area contributed by atoms with Crippen LogP contribution in [0, 0.1) is 0 Å². The van der Waals surface area contributed by atoms with Gasteiger partial charge in [-0.3, -0.25) is 9.89 Å². The summed E-state index contributed by atoms with van der Waals surface area (Å²) in [7, 11) is 0. The number of rotatable bonds is 0. The SMILES string of the molecule is O=c1cc2cn[nH][nH]c-2c1. The van der Waals surface area contributed by atoms with E-state index in [1.165, 1.54) is 12.1 Å². The van der Waals surface area contributed by atoms with E-state index in [1.807, 2.05) is 0 Å². The number of H-pyrrole nitrogens is 2. The summed E-state index contributed by atoms with van der Waals surface area (Å²) < 4.78 is 0. The highest BCUT2D eigenvalue weighted by molar-refractivity contribution is 5.59. The summed E-state index contributed by atoms with van der Waals surface area (Å²) >= 11 is 0. The molecule has 0 atom stereocenters. The predicted octanol–water partition coefficient (Wildman–Crippen LogP) is 0.203. The summed E-state index contributed by atoms with van der Waals surface area (Å²) in [5, 5.41) is 8.98. The first-order valence-electron chi connectivity index (χ1n) is 2.88. The van der Waals surface area contributed by atoms with Crippen molar-refractivity contribution in [3.05, 3.63) is 28.6 Å². The van der Waals surface area contributed by atoms with Crippen molar-refractivity contribution in [2.24, 2.45) is 0 Å². The van der Waals surface area contributed by atoms with Gasteiger partial charge in [0.1, 0.15) is 0 Å². The Labute approximate surface area is 56.2 Å². The molecule has 0 aromatic heterocycles. The van der Waals surface area contributed by atoms with Crippen molar-refractivity contribution in [3.8, 4) is 11.3 Å². The van der Waals surface area contributed by atoms with E-state index in [4.69, 9.17) is 0 Å². The van der Waals surface area contributed by atoms with Gasteiger partial charge in [-0.1, -0.05) is 0 Å². The first-order valence-corrected chi connectivity index (χ1v) is 2.88. The van der Waals surface area contributed by atoms with Crippen molar-refractivity contribution < 1.29 is 0 Å². The molecule has 4 nitrogen and oxygen atoms in total. The van der Waals surface area contributed by atoms with E-state index < -0.39 is 0 Å². The fourth-order valence-corrected chi connectivity index (χ4v) is 0.908. The molecule has 50 valence electrons. The highest BCUT2D eigenvalue weighted by Crippen LogP contribution is 2.12. The quantitative estimate of drug-likeness (QED) is 0.542. The van der Waals surface area contributed by atoms with Crippen LogP contribution in [-0.4, -0.2) is 15.4 Å². The second-order valence-electron chi connectivity index (χ2n) is 2.06. The largest absolute Gasteiger partial charge is 0.290 e. The molecule has 2 rings (SSSR count). The van der Waals surface area contributed by atoms with Gasteiger partial charge in [-0.05, 0) is 6.07 Å². The molecule has 0 bridgehead atoms. The van der Waals surface area contributed by atoms with Crippen LogP contribution in [0.1, 0.15) is 0 Å². The van der Waals surface area contributed by atoms with Crippen LogP contribution in [0.25, 0.3) is 11.3 Å². The van der Waals surface area contributed by atoms with Gasteiger partial charge >= 0.3 is 0 Å². The smallest absolute Gasteiger partial charge is 0.181 e. The molecule has 0 amide bonds. The van der Waals surface area contributed by atoms with E-state index in [9.17, 15) is 4.79 Å². The molecule has 1 heterocycles. The molecule has 2 aliphatic rings. The van der Waals surface area contributed by atoms with Crippen LogP contribution in [-0.2, 0) is 0 Å². The number of aromatic amines is 2. The Morgan fingerprint density at radius 3 is 3.10 bits per heavy atom. The Bertz CT molecular complexity index is 329. The third kappa shape index (κ3) is 0.621. The van der Waals surface area contributed by atoms with Gasteiger partial charge in [-0.2, -0.15) is 5.10 Å². The highest BCUT2D eigenvalue weighted by Gasteiger charge is 2.02. The fraction of sp³-hybridized carbons (Fsp3) is 0. The summed E-state index contributed by atoms with van der Waals surface area (Å²) in [4.78, 5) is 10.7. The molecule has 0 aromatic rings. The Hall–Kier alpha value is -1.58. The molecule has 10 heavy (non-hydrogen) atoms. The number of nitrogens with zero attached hydrogens (tertiary/aromatic N) is 1. The summed E-state index contributed by atoms with van der Waals surface area (Å²) in [6.45, 7) is 0. The number of nitrogens with one attached hydrogen (secondary N) is 2. The first kappa shape index (κ1) is 5.22. The second-order valence-corrected chi connectivity index (χ2v) is 2.06. The summed E-state index contributed by atoms with van der Waals surface area (Å²) in [6, 6.07) is 3.06. The molecule has 0 saturated heterocycles. The van der Waals surface area contributed by atoms with E-state index >= 15 is 0 Å². The van der Waals surface area contributed by atoms with Crippen molar-refractivity contribution >= 4 is 0 Å². The van der Waals surface area contributed by atoms with E-state index in [0.29, 0.717) is 0 Å². The van der Waals surface area contributed by atoms with Gasteiger partial charge in [0, 0.05) is 11.6 Å². The Balaban J connectivity index is 2.88. The fourth-order valence-electron chi connectivity index (χ4n) is 0.908. The average Bonchev–Trinajstić information content (AvgIpc) is 2.27. The van der Waals surface area contributed by atoms with E-state index in [0.717, 1.165) is 11.3 Å². The summed E-state index contributed by atoms with van der Waals surface area (Å²) in [5.41, 5.74) is 1.64. The number of fused-ring (bicyclic) bond motifs is 1. The average molecular weight is 135 g/mol. The minimum atomic E-state index is 0.00708. The standard InChI is InChI=1S/C6H5N3O/c10-5-1-4-3-7-9-8-6(4)2-5/h1-3,8-9H. The summed E-state index contributed by atoms with van der Waals surface area (Å²) in [5.74, 6) is 0. The lowest BCUT2D eigenvalue weighted by Gasteiger charge is -1.93. The molecule has 2 N–H and O–H groups in total. The number of hydrogen-bond donors (Lipinski definition) is 2. The molecule has 0 saturated carbocycles. The van der Waals surface area contributed by atoms with Crippen LogP contribution in [0.15, 0.2) is 23.1 Å². The van der Waals surface area contributed by atoms with Gasteiger partial charge in [-0.25, -0.2) is 5.21 Å². The van der Waals surface area contributed by atoms with Gasteiger partial charge in [0.05, 0.1) is 11.9 Å². The zero-order chi connectivity index (χ0) is 6.97. The molecular formula is C6H5N3O. The lowest BCUT2D eigenvalue weighted by atomic mass is 10.3. The van der Waals surface area contributed by atoms with Gasteiger partial charge in [0.25, 0.3) is 0 Å². The van der Waals surface area contributed by atoms with Crippen LogP contribution >= 0.6 is 0 Å². The predicted molar refractivity (Wildman–Crippen MR) is 35.8 cm³/mol. The Kier molecular flexibility index (Phi) is 0.887. The Morgan fingerprint density at radius 2 is 2.30 bits per heavy atom. The lowest BCUT2D eigenvalue weighted by Crippen LogP contribution is -1.87. The van der Waals surface area contributed by atoms with Gasteiger partial charge < -0.3 is 0 Å². The van der Waals surface area contributed by atoms with Crippen molar-refractivity contribution in [2.75, 3.05) is 0 Å². The third-order valence-electron chi connectivity index (χ3n) is 1.35. The van der Waals surface area contributed by atoms with E-state index in [2.05, 4.69) is 15.4 Å². The molecule has 4 heteroatoms. The van der Waals surface area contributed by atoms with Crippen LogP contribution in [0.3, 0.4) is 0 Å². The maximum Gasteiger partial charge on any atom is 0.181 e. The monoisotopic (exact) mass is 135 g/mol. The molecule has 0 radical (unpaired) electrons. The topological polar surface area (TPSA) is 61.5 Å². The molecular weight excluding hydrogens is 130 g/mol. The van der Waals surface area contributed by atoms with Crippen LogP contribution < -0.4 is 5.43 Å². The van der Waals surface area contributed by atoms with E-state index in [1.54, 1.807) is 6.20 Å². The van der Waals surface area contributed by atoms with Crippen LogP contribution in [0.5, 0.6) is 0 Å². The zero-order valence-electron chi connectivity index (χ0n) is 5.09. The van der Waals surface area contributed by atoms with Crippen LogP contribution in [0.2, 0.25) is 0 Å². The summed E-state index contributed by atoms with van der Waals surface area (Å²) in [6.07, 6.45) is 1.60. The van der Waals surface area contributed by atoms with Crippen LogP contribution in [0.4, 0.5) is 0 Å². The number of aromatic nitrogens is 3. The second kappa shape index (κ2) is 1.70. The highest BCUT2D eigenvalue weighted by atomic mass is 16.1. The van der Waals surface area contributed by atoms with Crippen molar-refractivity contribution in [1.29, 1.82) is 0 Å².